The number of hydrogen-bond donors (Lipinski definition) is 2. The maximum absolute atomic E-state index is 11.0. The van der Waals surface area contributed by atoms with Crippen molar-refractivity contribution in [2.75, 3.05) is 11.9 Å². The fourth-order valence-electron chi connectivity index (χ4n) is 1.45. The molecule has 0 aliphatic carbocycles. The summed E-state index contributed by atoms with van der Waals surface area (Å²) in [5, 5.41) is 12.2. The Morgan fingerprint density at radius 2 is 2.25 bits per heavy atom. The quantitative estimate of drug-likeness (QED) is 0.591. The molecule has 0 unspecified atom stereocenters. The standard InChI is InChI=1S/C13H17NO2/c1-3-4-5-8-14-12-7-6-10(2)9-11(12)13(15)16/h3-4,6-7,9,14H,5,8H2,1-2H3,(H,15,16)/b4-3+. The smallest absolute Gasteiger partial charge is 0.337 e. The summed E-state index contributed by atoms with van der Waals surface area (Å²) in [7, 11) is 0. The first-order chi connectivity index (χ1) is 7.65. The lowest BCUT2D eigenvalue weighted by Gasteiger charge is -2.09. The van der Waals surface area contributed by atoms with Crippen molar-refractivity contribution in [3.63, 3.8) is 0 Å². The molecule has 1 aromatic rings. The van der Waals surface area contributed by atoms with Gasteiger partial charge in [0.15, 0.2) is 0 Å². The number of carboxylic acid groups (broad SMARTS) is 1. The second-order valence-electron chi connectivity index (χ2n) is 3.64. The number of nitrogens with one attached hydrogen (secondary N) is 1. The SMILES string of the molecule is C/C=C/CCNc1ccc(C)cc1C(=O)O. The van der Waals surface area contributed by atoms with E-state index in [2.05, 4.69) is 5.32 Å². The van der Waals surface area contributed by atoms with Gasteiger partial charge in [0.05, 0.1) is 5.56 Å². The van der Waals surface area contributed by atoms with Gasteiger partial charge in [0, 0.05) is 12.2 Å². The second kappa shape index (κ2) is 5.95. The van der Waals surface area contributed by atoms with Crippen LogP contribution in [0.5, 0.6) is 0 Å². The Morgan fingerprint density at radius 1 is 1.50 bits per heavy atom. The number of carbonyl (C=O) groups is 1. The zero-order valence-electron chi connectivity index (χ0n) is 9.66. The van der Waals surface area contributed by atoms with Gasteiger partial charge in [0.2, 0.25) is 0 Å². The summed E-state index contributed by atoms with van der Waals surface area (Å²) in [5.74, 6) is -0.891. The molecule has 0 amide bonds. The number of carboxylic acids is 1. The van der Waals surface area contributed by atoms with Crippen LogP contribution in [0.15, 0.2) is 30.4 Å². The topological polar surface area (TPSA) is 49.3 Å². The summed E-state index contributed by atoms with van der Waals surface area (Å²) >= 11 is 0. The molecule has 1 rings (SSSR count). The number of aromatic carboxylic acids is 1. The molecule has 1 aromatic carbocycles. The normalized spacial score (nSPS) is 10.6. The molecule has 0 aliphatic heterocycles. The molecule has 2 N–H and O–H groups in total. The van der Waals surface area contributed by atoms with Gasteiger partial charge in [-0.3, -0.25) is 0 Å². The maximum atomic E-state index is 11.0. The second-order valence-corrected chi connectivity index (χ2v) is 3.64. The van der Waals surface area contributed by atoms with Crippen molar-refractivity contribution in [1.82, 2.24) is 0 Å². The molecule has 0 aromatic heterocycles. The van der Waals surface area contributed by atoms with Crippen LogP contribution >= 0.6 is 0 Å². The highest BCUT2D eigenvalue weighted by atomic mass is 16.4. The van der Waals surface area contributed by atoms with Crippen LogP contribution in [0.4, 0.5) is 5.69 Å². The first-order valence-electron chi connectivity index (χ1n) is 5.34. The van der Waals surface area contributed by atoms with Crippen LogP contribution in [-0.2, 0) is 0 Å². The van der Waals surface area contributed by atoms with Crippen LogP contribution in [0.3, 0.4) is 0 Å². The average Bonchev–Trinajstić information content (AvgIpc) is 2.26. The van der Waals surface area contributed by atoms with Gasteiger partial charge in [0.1, 0.15) is 0 Å². The molecule has 0 heterocycles. The van der Waals surface area contributed by atoms with Crippen LogP contribution < -0.4 is 5.32 Å². The molecule has 0 atom stereocenters. The van der Waals surface area contributed by atoms with Gasteiger partial charge in [-0.2, -0.15) is 0 Å². The van der Waals surface area contributed by atoms with E-state index >= 15 is 0 Å². The lowest BCUT2D eigenvalue weighted by molar-refractivity contribution is 0.0698. The van der Waals surface area contributed by atoms with E-state index in [1.807, 2.05) is 38.1 Å². The van der Waals surface area contributed by atoms with Crippen molar-refractivity contribution in [3.8, 4) is 0 Å². The van der Waals surface area contributed by atoms with Crippen molar-refractivity contribution >= 4 is 11.7 Å². The van der Waals surface area contributed by atoms with Crippen molar-refractivity contribution in [3.05, 3.63) is 41.5 Å². The number of aryl methyl sites for hydroxylation is 1. The number of anilines is 1. The first kappa shape index (κ1) is 12.3. The fraction of sp³-hybridized carbons (Fsp3) is 0.308. The predicted octanol–water partition coefficient (Wildman–Crippen LogP) is 3.07. The van der Waals surface area contributed by atoms with Gasteiger partial charge in [-0.15, -0.1) is 0 Å². The van der Waals surface area contributed by atoms with Crippen molar-refractivity contribution in [1.29, 1.82) is 0 Å². The van der Waals surface area contributed by atoms with E-state index in [1.165, 1.54) is 0 Å². The van der Waals surface area contributed by atoms with Crippen LogP contribution in [0.25, 0.3) is 0 Å². The predicted molar refractivity (Wildman–Crippen MR) is 66.1 cm³/mol. The van der Waals surface area contributed by atoms with Crippen LogP contribution in [0, 0.1) is 6.92 Å². The molecule has 86 valence electrons. The Hall–Kier alpha value is -1.77. The minimum absolute atomic E-state index is 0.334. The molecule has 0 aliphatic rings. The molecule has 0 saturated heterocycles. The zero-order valence-corrected chi connectivity index (χ0v) is 9.66. The Balaban J connectivity index is 2.75. The highest BCUT2D eigenvalue weighted by Crippen LogP contribution is 2.17. The Bertz CT molecular complexity index is 397. The summed E-state index contributed by atoms with van der Waals surface area (Å²) < 4.78 is 0. The minimum Gasteiger partial charge on any atom is -0.478 e. The molecular formula is C13H17NO2. The van der Waals surface area contributed by atoms with Crippen LogP contribution in [-0.4, -0.2) is 17.6 Å². The molecule has 0 spiro atoms. The van der Waals surface area contributed by atoms with E-state index in [0.717, 1.165) is 18.5 Å². The summed E-state index contributed by atoms with van der Waals surface area (Å²) in [5.41, 5.74) is 1.97. The summed E-state index contributed by atoms with van der Waals surface area (Å²) in [6, 6.07) is 5.40. The molecule has 0 fully saturated rings. The maximum Gasteiger partial charge on any atom is 0.337 e. The van der Waals surface area contributed by atoms with E-state index < -0.39 is 5.97 Å². The number of benzene rings is 1. The van der Waals surface area contributed by atoms with Crippen molar-refractivity contribution in [2.24, 2.45) is 0 Å². The van der Waals surface area contributed by atoms with Gasteiger partial charge in [-0.1, -0.05) is 23.8 Å². The van der Waals surface area contributed by atoms with E-state index in [-0.39, 0.29) is 0 Å². The van der Waals surface area contributed by atoms with Crippen molar-refractivity contribution < 1.29 is 9.90 Å². The Morgan fingerprint density at radius 3 is 2.88 bits per heavy atom. The monoisotopic (exact) mass is 219 g/mol. The number of hydrogen-bond acceptors (Lipinski definition) is 2. The molecule has 3 heteroatoms. The lowest BCUT2D eigenvalue weighted by Crippen LogP contribution is -2.07. The zero-order chi connectivity index (χ0) is 12.0. The molecule has 16 heavy (non-hydrogen) atoms. The van der Waals surface area contributed by atoms with E-state index in [0.29, 0.717) is 11.3 Å². The highest BCUT2D eigenvalue weighted by molar-refractivity contribution is 5.94. The minimum atomic E-state index is -0.891. The number of rotatable bonds is 5. The van der Waals surface area contributed by atoms with E-state index in [1.54, 1.807) is 6.07 Å². The molecule has 0 saturated carbocycles. The van der Waals surface area contributed by atoms with Gasteiger partial charge in [0.25, 0.3) is 0 Å². The van der Waals surface area contributed by atoms with E-state index in [9.17, 15) is 4.79 Å². The van der Waals surface area contributed by atoms with E-state index in [4.69, 9.17) is 5.11 Å². The molecule has 3 nitrogen and oxygen atoms in total. The summed E-state index contributed by atoms with van der Waals surface area (Å²) in [6.07, 6.45) is 4.92. The summed E-state index contributed by atoms with van der Waals surface area (Å²) in [6.45, 7) is 4.60. The largest absolute Gasteiger partial charge is 0.478 e. The molecule has 0 radical (unpaired) electrons. The summed E-state index contributed by atoms with van der Waals surface area (Å²) in [4.78, 5) is 11.0. The Labute approximate surface area is 95.8 Å². The van der Waals surface area contributed by atoms with Gasteiger partial charge >= 0.3 is 5.97 Å². The lowest BCUT2D eigenvalue weighted by atomic mass is 10.1. The fourth-order valence-corrected chi connectivity index (χ4v) is 1.45. The first-order valence-corrected chi connectivity index (χ1v) is 5.34. The van der Waals surface area contributed by atoms with Crippen molar-refractivity contribution in [2.45, 2.75) is 20.3 Å². The van der Waals surface area contributed by atoms with Gasteiger partial charge in [-0.25, -0.2) is 4.79 Å². The van der Waals surface area contributed by atoms with Crippen LogP contribution in [0.2, 0.25) is 0 Å². The average molecular weight is 219 g/mol. The third-order valence-electron chi connectivity index (χ3n) is 2.27. The molecular weight excluding hydrogens is 202 g/mol. The van der Waals surface area contributed by atoms with Gasteiger partial charge in [-0.05, 0) is 32.4 Å². The van der Waals surface area contributed by atoms with Crippen LogP contribution in [0.1, 0.15) is 29.3 Å². The highest BCUT2D eigenvalue weighted by Gasteiger charge is 2.08. The third-order valence-corrected chi connectivity index (χ3v) is 2.27. The van der Waals surface area contributed by atoms with Gasteiger partial charge < -0.3 is 10.4 Å². The number of allylic oxidation sites excluding steroid dienone is 1. The Kier molecular flexibility index (Phi) is 4.58. The third kappa shape index (κ3) is 3.42. The molecule has 0 bridgehead atoms.